The van der Waals surface area contributed by atoms with Gasteiger partial charge >= 0.3 is 12.1 Å². The molecule has 0 aromatic heterocycles. The lowest BCUT2D eigenvalue weighted by Crippen LogP contribution is -2.42. The van der Waals surface area contributed by atoms with Crippen LogP contribution < -0.4 is 5.32 Å². The molecule has 0 saturated carbocycles. The maximum atomic E-state index is 12.7. The van der Waals surface area contributed by atoms with Gasteiger partial charge in [0.1, 0.15) is 13.2 Å². The van der Waals surface area contributed by atoms with Gasteiger partial charge in [0, 0.05) is 39.0 Å². The van der Waals surface area contributed by atoms with E-state index in [0.29, 0.717) is 38.5 Å². The molecule has 0 aliphatic carbocycles. The van der Waals surface area contributed by atoms with Gasteiger partial charge in [-0.2, -0.15) is 0 Å². The summed E-state index contributed by atoms with van der Waals surface area (Å²) in [5, 5.41) is 11.1. The fourth-order valence-corrected chi connectivity index (χ4v) is 4.67. The van der Waals surface area contributed by atoms with Crippen molar-refractivity contribution in [3.05, 3.63) is 35.9 Å². The Bertz CT molecular complexity index is 838. The molecular formula is C25H35N3O6. The summed E-state index contributed by atoms with van der Waals surface area (Å²) in [6.07, 6.45) is 4.67. The molecular weight excluding hydrogens is 438 g/mol. The van der Waals surface area contributed by atoms with E-state index in [1.165, 1.54) is 0 Å². The molecule has 9 nitrogen and oxygen atoms in total. The maximum absolute atomic E-state index is 12.7. The maximum Gasteiger partial charge on any atom is 0.410 e. The van der Waals surface area contributed by atoms with E-state index in [9.17, 15) is 19.2 Å². The fraction of sp³-hybridized carbons (Fsp3) is 0.600. The van der Waals surface area contributed by atoms with Crippen LogP contribution in [-0.2, 0) is 25.7 Å². The van der Waals surface area contributed by atoms with Crippen molar-refractivity contribution in [2.24, 2.45) is 11.8 Å². The lowest BCUT2D eigenvalue weighted by atomic mass is 9.91. The van der Waals surface area contributed by atoms with Gasteiger partial charge < -0.3 is 25.0 Å². The zero-order valence-corrected chi connectivity index (χ0v) is 19.6. The highest BCUT2D eigenvalue weighted by atomic mass is 16.6. The first kappa shape index (κ1) is 25.5. The Morgan fingerprint density at radius 3 is 2.41 bits per heavy atom. The van der Waals surface area contributed by atoms with Gasteiger partial charge in [-0.15, -0.1) is 0 Å². The molecule has 3 amide bonds. The highest BCUT2D eigenvalue weighted by Crippen LogP contribution is 2.25. The van der Waals surface area contributed by atoms with Crippen LogP contribution in [0.3, 0.4) is 0 Å². The Morgan fingerprint density at radius 2 is 1.71 bits per heavy atom. The Hall–Kier alpha value is -3.10. The zero-order chi connectivity index (χ0) is 24.3. The van der Waals surface area contributed by atoms with Gasteiger partial charge in [0.15, 0.2) is 0 Å². The van der Waals surface area contributed by atoms with Gasteiger partial charge in [0.2, 0.25) is 11.8 Å². The number of carbonyl (C=O) groups is 4. The second-order valence-corrected chi connectivity index (χ2v) is 9.23. The van der Waals surface area contributed by atoms with E-state index >= 15 is 0 Å². The Labute approximate surface area is 200 Å². The zero-order valence-electron chi connectivity index (χ0n) is 19.6. The first-order valence-corrected chi connectivity index (χ1v) is 12.1. The third-order valence-electron chi connectivity index (χ3n) is 6.63. The molecule has 1 aromatic rings. The van der Waals surface area contributed by atoms with E-state index in [1.54, 1.807) is 4.90 Å². The number of likely N-dealkylation sites (tertiary alicyclic amines) is 2. The first-order chi connectivity index (χ1) is 16.4. The summed E-state index contributed by atoms with van der Waals surface area (Å²) in [6.45, 7) is 2.43. The number of amides is 3. The SMILES string of the molecule is O=C(O)CNC(=O)CC1CCCN(C(=O)CCC2CCN(C(=O)OCc3ccccc3)CC2)C1. The number of carboxylic acid groups (broad SMARTS) is 1. The molecule has 0 spiro atoms. The van der Waals surface area contributed by atoms with Crippen LogP contribution in [0.25, 0.3) is 0 Å². The van der Waals surface area contributed by atoms with Crippen molar-refractivity contribution in [3.63, 3.8) is 0 Å². The van der Waals surface area contributed by atoms with Crippen LogP contribution >= 0.6 is 0 Å². The predicted octanol–water partition coefficient (Wildman–Crippen LogP) is 2.64. The van der Waals surface area contributed by atoms with E-state index in [0.717, 1.165) is 37.7 Å². The van der Waals surface area contributed by atoms with Crippen molar-refractivity contribution in [2.75, 3.05) is 32.7 Å². The predicted molar refractivity (Wildman–Crippen MR) is 125 cm³/mol. The number of nitrogens with zero attached hydrogens (tertiary/aromatic N) is 2. The van der Waals surface area contributed by atoms with Gasteiger partial charge in [0.25, 0.3) is 0 Å². The number of aliphatic carboxylic acids is 1. The quantitative estimate of drug-likeness (QED) is 0.570. The number of rotatable bonds is 9. The summed E-state index contributed by atoms with van der Waals surface area (Å²) in [5.74, 6) is -0.763. The van der Waals surface area contributed by atoms with E-state index in [-0.39, 0.29) is 43.4 Å². The molecule has 2 saturated heterocycles. The number of piperidine rings is 2. The number of nitrogens with one attached hydrogen (secondary N) is 1. The summed E-state index contributed by atoms with van der Waals surface area (Å²) in [6, 6.07) is 9.61. The van der Waals surface area contributed by atoms with Gasteiger partial charge in [-0.1, -0.05) is 30.3 Å². The molecule has 3 rings (SSSR count). The molecule has 2 aliphatic rings. The van der Waals surface area contributed by atoms with Crippen LogP contribution in [0.15, 0.2) is 30.3 Å². The van der Waals surface area contributed by atoms with Gasteiger partial charge in [0.05, 0.1) is 0 Å². The highest BCUT2D eigenvalue weighted by molar-refractivity contribution is 5.81. The summed E-state index contributed by atoms with van der Waals surface area (Å²) in [7, 11) is 0. The van der Waals surface area contributed by atoms with Crippen LogP contribution in [0.5, 0.6) is 0 Å². The standard InChI is InChI=1S/C25H35N3O6/c29-22(26-16-24(31)32)15-21-7-4-12-28(17-21)23(30)9-8-19-10-13-27(14-11-19)25(33)34-18-20-5-2-1-3-6-20/h1-3,5-6,19,21H,4,7-18H2,(H,26,29)(H,31,32). The van der Waals surface area contributed by atoms with Crippen LogP contribution in [-0.4, -0.2) is 71.5 Å². The number of hydrogen-bond acceptors (Lipinski definition) is 5. The van der Waals surface area contributed by atoms with Gasteiger partial charge in [-0.3, -0.25) is 14.4 Å². The summed E-state index contributed by atoms with van der Waals surface area (Å²) >= 11 is 0. The van der Waals surface area contributed by atoms with Crippen molar-refractivity contribution >= 4 is 23.9 Å². The number of carboxylic acids is 1. The van der Waals surface area contributed by atoms with E-state index in [4.69, 9.17) is 9.84 Å². The lowest BCUT2D eigenvalue weighted by molar-refractivity contribution is -0.138. The molecule has 9 heteroatoms. The van der Waals surface area contributed by atoms with Crippen molar-refractivity contribution < 1.29 is 29.0 Å². The summed E-state index contributed by atoms with van der Waals surface area (Å²) < 4.78 is 5.41. The van der Waals surface area contributed by atoms with Crippen LogP contribution in [0.1, 0.15) is 50.5 Å². The summed E-state index contributed by atoms with van der Waals surface area (Å²) in [4.78, 5) is 51.1. The topological polar surface area (TPSA) is 116 Å². The molecule has 1 aromatic carbocycles. The molecule has 2 aliphatic heterocycles. The van der Waals surface area contributed by atoms with Crippen LogP contribution in [0, 0.1) is 11.8 Å². The van der Waals surface area contributed by atoms with Crippen molar-refractivity contribution in [2.45, 2.75) is 51.6 Å². The number of carbonyl (C=O) groups excluding carboxylic acids is 3. The Balaban J connectivity index is 1.32. The molecule has 0 bridgehead atoms. The average molecular weight is 474 g/mol. The van der Waals surface area contributed by atoms with Gasteiger partial charge in [-0.05, 0) is 49.5 Å². The molecule has 2 N–H and O–H groups in total. The fourth-order valence-electron chi connectivity index (χ4n) is 4.67. The molecule has 186 valence electrons. The number of ether oxygens (including phenoxy) is 1. The normalized spacial score (nSPS) is 18.9. The van der Waals surface area contributed by atoms with Gasteiger partial charge in [-0.25, -0.2) is 4.79 Å². The lowest BCUT2D eigenvalue weighted by Gasteiger charge is -2.34. The monoisotopic (exact) mass is 473 g/mol. The van der Waals surface area contributed by atoms with Crippen LogP contribution in [0.2, 0.25) is 0 Å². The highest BCUT2D eigenvalue weighted by Gasteiger charge is 2.28. The van der Waals surface area contributed by atoms with Crippen molar-refractivity contribution in [1.29, 1.82) is 0 Å². The minimum Gasteiger partial charge on any atom is -0.480 e. The molecule has 0 radical (unpaired) electrons. The average Bonchev–Trinajstić information content (AvgIpc) is 2.85. The third kappa shape index (κ3) is 8.35. The third-order valence-corrected chi connectivity index (χ3v) is 6.63. The number of benzene rings is 1. The minimum absolute atomic E-state index is 0.0663. The smallest absolute Gasteiger partial charge is 0.410 e. The van der Waals surface area contributed by atoms with Crippen molar-refractivity contribution in [3.8, 4) is 0 Å². The minimum atomic E-state index is -1.07. The second kappa shape index (κ2) is 13.0. The number of hydrogen-bond donors (Lipinski definition) is 2. The van der Waals surface area contributed by atoms with Crippen LogP contribution in [0.4, 0.5) is 4.79 Å². The summed E-state index contributed by atoms with van der Waals surface area (Å²) in [5.41, 5.74) is 0.963. The molecule has 1 unspecified atom stereocenters. The first-order valence-electron chi connectivity index (χ1n) is 12.1. The molecule has 34 heavy (non-hydrogen) atoms. The second-order valence-electron chi connectivity index (χ2n) is 9.23. The van der Waals surface area contributed by atoms with E-state index in [1.807, 2.05) is 35.2 Å². The largest absolute Gasteiger partial charge is 0.480 e. The van der Waals surface area contributed by atoms with Crippen molar-refractivity contribution in [1.82, 2.24) is 15.1 Å². The van der Waals surface area contributed by atoms with E-state index in [2.05, 4.69) is 5.32 Å². The van der Waals surface area contributed by atoms with E-state index < -0.39 is 5.97 Å². The molecule has 2 fully saturated rings. The Kier molecular flexibility index (Phi) is 9.73. The molecule has 2 heterocycles. The Morgan fingerprint density at radius 1 is 0.971 bits per heavy atom. The molecule has 1 atom stereocenters.